The molecule has 98 valence electrons. The lowest BCUT2D eigenvalue weighted by molar-refractivity contribution is 0.946. The molecule has 0 amide bonds. The summed E-state index contributed by atoms with van der Waals surface area (Å²) in [6, 6.07) is 5.96. The third-order valence-electron chi connectivity index (χ3n) is 3.40. The number of nitrogens with two attached hydrogens (primary N) is 1. The fourth-order valence-corrected chi connectivity index (χ4v) is 2.40. The number of hydrogen-bond donors (Lipinski definition) is 2. The zero-order valence-electron chi connectivity index (χ0n) is 10.6. The average Bonchev–Trinajstić information content (AvgIpc) is 3.10. The molecule has 0 saturated carbocycles. The lowest BCUT2D eigenvalue weighted by Crippen LogP contribution is -1.96. The van der Waals surface area contributed by atoms with Crippen LogP contribution in [0.15, 0.2) is 43.0 Å². The minimum Gasteiger partial charge on any atom is -0.338 e. The van der Waals surface area contributed by atoms with Gasteiger partial charge in [-0.25, -0.2) is 9.50 Å². The van der Waals surface area contributed by atoms with Crippen molar-refractivity contribution in [2.75, 3.05) is 0 Å². The normalized spacial score (nSPS) is 11.4. The second-order valence-electron chi connectivity index (χ2n) is 4.57. The number of hydrogen-bond acceptors (Lipinski definition) is 4. The molecule has 0 aliphatic rings. The van der Waals surface area contributed by atoms with Crippen LogP contribution >= 0.6 is 0 Å². The van der Waals surface area contributed by atoms with Crippen molar-refractivity contribution in [2.45, 2.75) is 6.54 Å². The number of nitrogens with one attached hydrogen (secondary N) is 1. The number of aromatic nitrogens is 5. The van der Waals surface area contributed by atoms with Crippen LogP contribution in [0.2, 0.25) is 0 Å². The highest BCUT2D eigenvalue weighted by molar-refractivity contribution is 5.85. The van der Waals surface area contributed by atoms with E-state index in [-0.39, 0.29) is 0 Å². The largest absolute Gasteiger partial charge is 0.338 e. The number of rotatable bonds is 2. The number of benzene rings is 1. The van der Waals surface area contributed by atoms with Crippen LogP contribution in [0.3, 0.4) is 0 Å². The van der Waals surface area contributed by atoms with Crippen LogP contribution in [-0.2, 0) is 6.54 Å². The molecule has 3 heterocycles. The minimum absolute atomic E-state index is 0.470. The van der Waals surface area contributed by atoms with Crippen LogP contribution < -0.4 is 5.73 Å². The maximum Gasteiger partial charge on any atom is 0.142 e. The number of fused-ring (bicyclic) bond motifs is 2. The van der Waals surface area contributed by atoms with Gasteiger partial charge in [0, 0.05) is 18.9 Å². The van der Waals surface area contributed by atoms with Gasteiger partial charge in [-0.1, -0.05) is 12.1 Å². The van der Waals surface area contributed by atoms with Crippen molar-refractivity contribution in [3.05, 3.63) is 48.5 Å². The Bertz CT molecular complexity index is 904. The average molecular weight is 264 g/mol. The molecule has 20 heavy (non-hydrogen) atoms. The molecule has 0 aliphatic carbocycles. The number of para-hydroxylation sites is 1. The molecule has 3 N–H and O–H groups in total. The Morgan fingerprint density at radius 3 is 3.10 bits per heavy atom. The second-order valence-corrected chi connectivity index (χ2v) is 4.57. The Morgan fingerprint density at radius 1 is 1.25 bits per heavy atom. The van der Waals surface area contributed by atoms with Crippen molar-refractivity contribution >= 4 is 16.6 Å². The summed E-state index contributed by atoms with van der Waals surface area (Å²) in [5.41, 5.74) is 10.5. The fraction of sp³-hybridized carbons (Fsp3) is 0.0714. The molecule has 0 radical (unpaired) electrons. The van der Waals surface area contributed by atoms with Gasteiger partial charge in [0.15, 0.2) is 0 Å². The maximum absolute atomic E-state index is 5.75. The summed E-state index contributed by atoms with van der Waals surface area (Å²) in [4.78, 5) is 12.1. The molecule has 6 nitrogen and oxygen atoms in total. The van der Waals surface area contributed by atoms with Gasteiger partial charge in [0.1, 0.15) is 5.82 Å². The third-order valence-corrected chi connectivity index (χ3v) is 3.40. The zero-order valence-corrected chi connectivity index (χ0v) is 10.6. The molecular formula is C14H12N6. The van der Waals surface area contributed by atoms with Crippen molar-refractivity contribution in [1.29, 1.82) is 0 Å². The molecule has 4 aromatic rings. The van der Waals surface area contributed by atoms with Gasteiger partial charge >= 0.3 is 0 Å². The van der Waals surface area contributed by atoms with E-state index in [0.717, 1.165) is 33.5 Å². The predicted molar refractivity (Wildman–Crippen MR) is 76.0 cm³/mol. The van der Waals surface area contributed by atoms with E-state index in [1.165, 1.54) is 0 Å². The van der Waals surface area contributed by atoms with Crippen LogP contribution in [-0.4, -0.2) is 24.6 Å². The molecular weight excluding hydrogens is 252 g/mol. The predicted octanol–water partition coefficient (Wildman–Crippen LogP) is 1.73. The molecule has 4 rings (SSSR count). The van der Waals surface area contributed by atoms with E-state index in [1.54, 1.807) is 23.1 Å². The fourth-order valence-electron chi connectivity index (χ4n) is 2.40. The van der Waals surface area contributed by atoms with E-state index in [2.05, 4.69) is 20.1 Å². The highest BCUT2D eigenvalue weighted by Crippen LogP contribution is 2.25. The maximum atomic E-state index is 5.75. The summed E-state index contributed by atoms with van der Waals surface area (Å²) in [6.45, 7) is 0.470. The van der Waals surface area contributed by atoms with E-state index in [1.807, 2.05) is 24.4 Å². The van der Waals surface area contributed by atoms with E-state index in [0.29, 0.717) is 6.54 Å². The molecule has 1 aromatic carbocycles. The second kappa shape index (κ2) is 4.14. The van der Waals surface area contributed by atoms with Crippen LogP contribution in [0.1, 0.15) is 5.56 Å². The van der Waals surface area contributed by atoms with Gasteiger partial charge in [-0.2, -0.15) is 5.10 Å². The van der Waals surface area contributed by atoms with Crippen molar-refractivity contribution in [3.8, 4) is 11.4 Å². The summed E-state index contributed by atoms with van der Waals surface area (Å²) in [7, 11) is 0. The molecule has 0 atom stereocenters. The number of nitrogens with zero attached hydrogens (tertiary/aromatic N) is 4. The number of imidazole rings is 1. The van der Waals surface area contributed by atoms with Gasteiger partial charge in [0.25, 0.3) is 0 Å². The van der Waals surface area contributed by atoms with Gasteiger partial charge in [0.2, 0.25) is 0 Å². The zero-order chi connectivity index (χ0) is 13.5. The smallest absolute Gasteiger partial charge is 0.142 e. The van der Waals surface area contributed by atoms with Crippen molar-refractivity contribution in [3.63, 3.8) is 0 Å². The Kier molecular flexibility index (Phi) is 2.30. The van der Waals surface area contributed by atoms with Crippen molar-refractivity contribution in [2.24, 2.45) is 5.73 Å². The first-order valence-electron chi connectivity index (χ1n) is 6.32. The minimum atomic E-state index is 0.470. The SMILES string of the molecule is NCc1cccc2[nH]c(-c3cnn4ccncc34)nc12. The highest BCUT2D eigenvalue weighted by atomic mass is 15.2. The molecule has 0 aliphatic heterocycles. The van der Waals surface area contributed by atoms with Crippen LogP contribution in [0.4, 0.5) is 0 Å². The Balaban J connectivity index is 1.98. The van der Waals surface area contributed by atoms with Gasteiger partial charge in [-0.05, 0) is 11.6 Å². The Morgan fingerprint density at radius 2 is 2.20 bits per heavy atom. The van der Waals surface area contributed by atoms with Crippen molar-refractivity contribution < 1.29 is 0 Å². The van der Waals surface area contributed by atoms with Gasteiger partial charge in [0.05, 0.1) is 34.5 Å². The number of H-pyrrole nitrogens is 1. The van der Waals surface area contributed by atoms with E-state index < -0.39 is 0 Å². The van der Waals surface area contributed by atoms with Crippen LogP contribution in [0.25, 0.3) is 27.9 Å². The van der Waals surface area contributed by atoms with E-state index in [4.69, 9.17) is 5.73 Å². The summed E-state index contributed by atoms with van der Waals surface area (Å²) in [6.07, 6.45) is 7.08. The van der Waals surface area contributed by atoms with Crippen molar-refractivity contribution in [1.82, 2.24) is 24.6 Å². The molecule has 0 saturated heterocycles. The standard InChI is InChI=1S/C14H12N6/c15-6-9-2-1-3-11-13(9)19-14(18-11)10-7-17-20-5-4-16-8-12(10)20/h1-5,7-8H,6,15H2,(H,18,19). The molecule has 0 bridgehead atoms. The topological polar surface area (TPSA) is 84.9 Å². The summed E-state index contributed by atoms with van der Waals surface area (Å²) < 4.78 is 1.78. The monoisotopic (exact) mass is 264 g/mol. The molecule has 6 heteroatoms. The highest BCUT2D eigenvalue weighted by Gasteiger charge is 2.12. The van der Waals surface area contributed by atoms with E-state index >= 15 is 0 Å². The van der Waals surface area contributed by atoms with Crippen LogP contribution in [0.5, 0.6) is 0 Å². The van der Waals surface area contributed by atoms with Gasteiger partial charge < -0.3 is 10.7 Å². The summed E-state index contributed by atoms with van der Waals surface area (Å²) in [5.74, 6) is 0.781. The Labute approximate surface area is 114 Å². The lowest BCUT2D eigenvalue weighted by Gasteiger charge is -1.95. The van der Waals surface area contributed by atoms with E-state index in [9.17, 15) is 0 Å². The lowest BCUT2D eigenvalue weighted by atomic mass is 10.2. The quantitative estimate of drug-likeness (QED) is 0.577. The molecule has 0 spiro atoms. The van der Waals surface area contributed by atoms with Gasteiger partial charge in [-0.3, -0.25) is 4.98 Å². The van der Waals surface area contributed by atoms with Crippen LogP contribution in [0, 0.1) is 0 Å². The third kappa shape index (κ3) is 1.52. The summed E-state index contributed by atoms with van der Waals surface area (Å²) in [5, 5.41) is 4.30. The Hall–Kier alpha value is -2.73. The molecule has 3 aromatic heterocycles. The van der Waals surface area contributed by atoms with Gasteiger partial charge in [-0.15, -0.1) is 0 Å². The first kappa shape index (κ1) is 11.1. The molecule has 0 unspecified atom stereocenters. The first-order valence-corrected chi connectivity index (χ1v) is 6.32. The summed E-state index contributed by atoms with van der Waals surface area (Å²) >= 11 is 0. The molecule has 0 fully saturated rings. The first-order chi connectivity index (χ1) is 9.86. The number of aromatic amines is 1.